The number of nitrogens with one attached hydrogen (secondary N) is 1. The third-order valence-electron chi connectivity index (χ3n) is 2.99. The van der Waals surface area contributed by atoms with Crippen molar-refractivity contribution in [2.45, 2.75) is 19.4 Å². The zero-order valence-corrected chi connectivity index (χ0v) is 12.4. The molecule has 0 bridgehead atoms. The third-order valence-corrected chi connectivity index (χ3v) is 3.77. The summed E-state index contributed by atoms with van der Waals surface area (Å²) >= 11 is 1.39. The molecule has 0 saturated heterocycles. The van der Waals surface area contributed by atoms with Gasteiger partial charge in [0.15, 0.2) is 5.12 Å². The monoisotopic (exact) mass is 285 g/mol. The highest BCUT2D eigenvalue weighted by molar-refractivity contribution is 8.13. The first-order valence-electron chi connectivity index (χ1n) is 6.81. The van der Waals surface area contributed by atoms with Crippen molar-refractivity contribution >= 4 is 22.6 Å². The number of thioether (sulfide) groups is 1. The van der Waals surface area contributed by atoms with Gasteiger partial charge in [-0.25, -0.2) is 0 Å². The maximum absolute atomic E-state index is 11.9. The summed E-state index contributed by atoms with van der Waals surface area (Å²) in [5.41, 5.74) is 2.18. The van der Waals surface area contributed by atoms with Crippen molar-refractivity contribution in [3.8, 4) is 0 Å². The summed E-state index contributed by atoms with van der Waals surface area (Å²) in [5.74, 6) is 0.825. The Labute approximate surface area is 124 Å². The Balaban J connectivity index is 2.14. The lowest BCUT2D eigenvalue weighted by atomic mass is 10.0. The van der Waals surface area contributed by atoms with Crippen molar-refractivity contribution < 1.29 is 4.79 Å². The predicted molar refractivity (Wildman–Crippen MR) is 87.0 cm³/mol. The molecule has 2 nitrogen and oxygen atoms in total. The Bertz CT molecular complexity index is 527. The molecule has 0 amide bonds. The summed E-state index contributed by atoms with van der Waals surface area (Å²) in [4.78, 5) is 11.9. The minimum absolute atomic E-state index is 0.0187. The zero-order valence-electron chi connectivity index (χ0n) is 11.6. The van der Waals surface area contributed by atoms with Crippen LogP contribution in [0.5, 0.6) is 0 Å². The average molecular weight is 285 g/mol. The highest BCUT2D eigenvalue weighted by Gasteiger charge is 2.15. The second-order valence-electron chi connectivity index (χ2n) is 4.48. The van der Waals surface area contributed by atoms with E-state index in [1.807, 2.05) is 55.5 Å². The molecule has 20 heavy (non-hydrogen) atoms. The highest BCUT2D eigenvalue weighted by atomic mass is 32.2. The molecule has 1 atom stereocenters. The summed E-state index contributed by atoms with van der Waals surface area (Å²) in [6.07, 6.45) is 0.497. The Morgan fingerprint density at radius 2 is 1.65 bits per heavy atom. The van der Waals surface area contributed by atoms with Crippen molar-refractivity contribution in [1.29, 1.82) is 0 Å². The number of benzene rings is 2. The number of anilines is 1. The van der Waals surface area contributed by atoms with Crippen LogP contribution in [-0.2, 0) is 4.79 Å². The van der Waals surface area contributed by atoms with Crippen LogP contribution in [0.3, 0.4) is 0 Å². The maximum atomic E-state index is 11.9. The molecule has 0 saturated carbocycles. The Morgan fingerprint density at radius 1 is 1.05 bits per heavy atom. The molecule has 2 aromatic carbocycles. The van der Waals surface area contributed by atoms with E-state index in [4.69, 9.17) is 0 Å². The molecule has 0 aromatic heterocycles. The molecule has 0 spiro atoms. The molecule has 0 radical (unpaired) electrons. The second kappa shape index (κ2) is 7.75. The number of carbonyl (C=O) groups is 1. The van der Waals surface area contributed by atoms with Gasteiger partial charge in [-0.2, -0.15) is 0 Å². The molecule has 0 heterocycles. The smallest absolute Gasteiger partial charge is 0.191 e. The highest BCUT2D eigenvalue weighted by Crippen LogP contribution is 2.24. The van der Waals surface area contributed by atoms with Crippen LogP contribution in [0, 0.1) is 0 Å². The number of hydrogen-bond acceptors (Lipinski definition) is 3. The van der Waals surface area contributed by atoms with Gasteiger partial charge in [0.25, 0.3) is 0 Å². The fourth-order valence-corrected chi connectivity index (χ4v) is 2.67. The van der Waals surface area contributed by atoms with Crippen LogP contribution in [0.1, 0.15) is 24.9 Å². The van der Waals surface area contributed by atoms with Crippen LogP contribution in [0.2, 0.25) is 0 Å². The first-order valence-corrected chi connectivity index (χ1v) is 7.80. The van der Waals surface area contributed by atoms with Crippen molar-refractivity contribution in [3.05, 3.63) is 66.2 Å². The molecule has 2 aromatic rings. The second-order valence-corrected chi connectivity index (χ2v) is 5.80. The van der Waals surface area contributed by atoms with E-state index in [9.17, 15) is 4.79 Å². The lowest BCUT2D eigenvalue weighted by Crippen LogP contribution is -2.14. The first kappa shape index (κ1) is 14.7. The quantitative estimate of drug-likeness (QED) is 0.846. The van der Waals surface area contributed by atoms with Gasteiger partial charge in [0, 0.05) is 12.1 Å². The fourth-order valence-electron chi connectivity index (χ4n) is 2.06. The van der Waals surface area contributed by atoms with Crippen molar-refractivity contribution in [3.63, 3.8) is 0 Å². The average Bonchev–Trinajstić information content (AvgIpc) is 2.49. The van der Waals surface area contributed by atoms with Crippen LogP contribution in [-0.4, -0.2) is 10.9 Å². The predicted octanol–water partition coefficient (Wildman–Crippen LogP) is 4.51. The van der Waals surface area contributed by atoms with Gasteiger partial charge >= 0.3 is 0 Å². The normalized spacial score (nSPS) is 11.8. The van der Waals surface area contributed by atoms with E-state index in [0.29, 0.717) is 6.42 Å². The number of para-hydroxylation sites is 1. The molecular weight excluding hydrogens is 266 g/mol. The van der Waals surface area contributed by atoms with Gasteiger partial charge in [-0.3, -0.25) is 4.79 Å². The van der Waals surface area contributed by atoms with E-state index in [0.717, 1.165) is 17.0 Å². The number of hydrogen-bond donors (Lipinski definition) is 1. The Hall–Kier alpha value is -1.74. The van der Waals surface area contributed by atoms with Crippen LogP contribution >= 0.6 is 11.8 Å². The SMILES string of the molecule is CCSC(=O)CC(Nc1ccccc1)c1ccccc1. The summed E-state index contributed by atoms with van der Waals surface area (Å²) < 4.78 is 0. The van der Waals surface area contributed by atoms with Gasteiger partial charge < -0.3 is 5.32 Å². The number of carbonyl (C=O) groups excluding carboxylic acids is 1. The van der Waals surface area contributed by atoms with E-state index in [1.54, 1.807) is 0 Å². The topological polar surface area (TPSA) is 29.1 Å². The van der Waals surface area contributed by atoms with E-state index in [2.05, 4.69) is 17.4 Å². The van der Waals surface area contributed by atoms with Crippen molar-refractivity contribution in [1.82, 2.24) is 0 Å². The van der Waals surface area contributed by atoms with Crippen LogP contribution in [0.25, 0.3) is 0 Å². The van der Waals surface area contributed by atoms with Gasteiger partial charge in [0.2, 0.25) is 0 Å². The van der Waals surface area contributed by atoms with Gasteiger partial charge in [-0.15, -0.1) is 0 Å². The summed E-state index contributed by atoms with van der Waals surface area (Å²) in [6.45, 7) is 2.00. The standard InChI is InChI=1S/C17H19NOS/c1-2-20-17(19)13-16(14-9-5-3-6-10-14)18-15-11-7-4-8-12-15/h3-12,16,18H,2,13H2,1H3. The molecule has 3 heteroatoms. The van der Waals surface area contributed by atoms with Gasteiger partial charge in [-0.05, 0) is 23.4 Å². The van der Waals surface area contributed by atoms with Crippen LogP contribution in [0.4, 0.5) is 5.69 Å². The van der Waals surface area contributed by atoms with Gasteiger partial charge in [0.1, 0.15) is 0 Å². The Morgan fingerprint density at radius 3 is 2.25 bits per heavy atom. The minimum atomic E-state index is 0.0187. The molecule has 104 valence electrons. The number of rotatable bonds is 6. The Kier molecular flexibility index (Phi) is 5.69. The molecule has 0 aliphatic rings. The van der Waals surface area contributed by atoms with Gasteiger partial charge in [0.05, 0.1) is 6.04 Å². The van der Waals surface area contributed by atoms with E-state index >= 15 is 0 Å². The summed E-state index contributed by atoms with van der Waals surface area (Å²) in [5, 5.41) is 3.68. The first-order chi connectivity index (χ1) is 9.79. The van der Waals surface area contributed by atoms with E-state index in [1.165, 1.54) is 11.8 Å². The van der Waals surface area contributed by atoms with Crippen molar-refractivity contribution in [2.75, 3.05) is 11.1 Å². The zero-order chi connectivity index (χ0) is 14.2. The van der Waals surface area contributed by atoms with Crippen LogP contribution < -0.4 is 5.32 Å². The molecule has 0 aliphatic carbocycles. The molecular formula is C17H19NOS. The van der Waals surface area contributed by atoms with Gasteiger partial charge in [-0.1, -0.05) is 67.2 Å². The molecule has 2 rings (SSSR count). The van der Waals surface area contributed by atoms with Crippen LogP contribution in [0.15, 0.2) is 60.7 Å². The molecule has 1 unspecified atom stereocenters. The summed E-state index contributed by atoms with van der Waals surface area (Å²) in [6, 6.07) is 20.2. The third kappa shape index (κ3) is 4.42. The lowest BCUT2D eigenvalue weighted by molar-refractivity contribution is -0.111. The maximum Gasteiger partial charge on any atom is 0.191 e. The van der Waals surface area contributed by atoms with E-state index < -0.39 is 0 Å². The lowest BCUT2D eigenvalue weighted by Gasteiger charge is -2.19. The molecule has 0 fully saturated rings. The van der Waals surface area contributed by atoms with E-state index in [-0.39, 0.29) is 11.2 Å². The largest absolute Gasteiger partial charge is 0.378 e. The van der Waals surface area contributed by atoms with Crippen molar-refractivity contribution in [2.24, 2.45) is 0 Å². The minimum Gasteiger partial charge on any atom is -0.378 e. The fraction of sp³-hybridized carbons (Fsp3) is 0.235. The summed E-state index contributed by atoms with van der Waals surface area (Å²) in [7, 11) is 0. The molecule has 0 aliphatic heterocycles. The molecule has 1 N–H and O–H groups in total.